The van der Waals surface area contributed by atoms with Gasteiger partial charge < -0.3 is 10.2 Å². The smallest absolute Gasteiger partial charge is 0.317 e. The summed E-state index contributed by atoms with van der Waals surface area (Å²) in [6.07, 6.45) is 0.372. The van der Waals surface area contributed by atoms with E-state index in [9.17, 15) is 24.5 Å². The van der Waals surface area contributed by atoms with Crippen molar-refractivity contribution in [2.75, 3.05) is 13.1 Å². The summed E-state index contributed by atoms with van der Waals surface area (Å²) in [5.41, 5.74) is 0.984. The van der Waals surface area contributed by atoms with E-state index in [4.69, 9.17) is 0 Å². The minimum Gasteiger partial charge on any atom is -0.338 e. The molecular formula is C22H24N4O5. The van der Waals surface area contributed by atoms with E-state index in [-0.39, 0.29) is 42.0 Å². The van der Waals surface area contributed by atoms with Crippen LogP contribution in [0.2, 0.25) is 0 Å². The van der Waals surface area contributed by atoms with E-state index in [1.165, 1.54) is 12.1 Å². The Labute approximate surface area is 179 Å². The van der Waals surface area contributed by atoms with Gasteiger partial charge in [0.15, 0.2) is 0 Å². The molecule has 0 aliphatic carbocycles. The Hall–Kier alpha value is -3.75. The number of nitrogens with one attached hydrogen (secondary N) is 1. The SMILES string of the molecule is CC(C)N(Cc1ccccc1)C(=O)NCCCN1C(=O)c2ccc([N+](=O)[O-])cc2C1=O. The second-order valence-corrected chi connectivity index (χ2v) is 7.54. The normalized spacial score (nSPS) is 12.8. The molecule has 2 aromatic carbocycles. The Bertz CT molecular complexity index is 1010. The number of hydrogen-bond acceptors (Lipinski definition) is 5. The number of rotatable bonds is 8. The second-order valence-electron chi connectivity index (χ2n) is 7.54. The van der Waals surface area contributed by atoms with E-state index in [0.29, 0.717) is 13.0 Å². The molecular weight excluding hydrogens is 400 g/mol. The molecule has 1 aliphatic heterocycles. The second kappa shape index (κ2) is 9.38. The average Bonchev–Trinajstić information content (AvgIpc) is 2.99. The van der Waals surface area contributed by atoms with Gasteiger partial charge in [0.1, 0.15) is 0 Å². The highest BCUT2D eigenvalue weighted by molar-refractivity contribution is 6.21. The molecule has 0 aromatic heterocycles. The van der Waals surface area contributed by atoms with Crippen molar-refractivity contribution in [2.24, 2.45) is 0 Å². The van der Waals surface area contributed by atoms with Crippen LogP contribution in [-0.2, 0) is 6.54 Å². The third kappa shape index (κ3) is 4.88. The zero-order valence-corrected chi connectivity index (χ0v) is 17.4. The fourth-order valence-corrected chi connectivity index (χ4v) is 3.40. The predicted octanol–water partition coefficient (Wildman–Crippen LogP) is 3.20. The van der Waals surface area contributed by atoms with Gasteiger partial charge in [0.2, 0.25) is 0 Å². The van der Waals surface area contributed by atoms with Crippen molar-refractivity contribution in [3.05, 3.63) is 75.3 Å². The van der Waals surface area contributed by atoms with Crippen molar-refractivity contribution in [2.45, 2.75) is 32.9 Å². The Balaban J connectivity index is 1.54. The molecule has 9 nitrogen and oxygen atoms in total. The number of carbonyl (C=O) groups excluding carboxylic acids is 3. The molecule has 3 rings (SSSR count). The maximum Gasteiger partial charge on any atom is 0.317 e. The highest BCUT2D eigenvalue weighted by Gasteiger charge is 2.36. The number of nitro groups is 1. The number of non-ortho nitro benzene ring substituents is 1. The zero-order chi connectivity index (χ0) is 22.5. The molecule has 1 N–H and O–H groups in total. The van der Waals surface area contributed by atoms with Gasteiger partial charge >= 0.3 is 6.03 Å². The summed E-state index contributed by atoms with van der Waals surface area (Å²) >= 11 is 0. The summed E-state index contributed by atoms with van der Waals surface area (Å²) in [6.45, 7) is 4.73. The van der Waals surface area contributed by atoms with Gasteiger partial charge in [-0.15, -0.1) is 0 Å². The zero-order valence-electron chi connectivity index (χ0n) is 17.4. The number of urea groups is 1. The molecule has 31 heavy (non-hydrogen) atoms. The first-order valence-corrected chi connectivity index (χ1v) is 10.0. The fraction of sp³-hybridized carbons (Fsp3) is 0.318. The van der Waals surface area contributed by atoms with Gasteiger partial charge in [0.05, 0.1) is 16.1 Å². The molecule has 1 aliphatic rings. The first-order chi connectivity index (χ1) is 14.8. The van der Waals surface area contributed by atoms with E-state index in [1.807, 2.05) is 44.2 Å². The van der Waals surface area contributed by atoms with Gasteiger partial charge in [-0.25, -0.2) is 4.79 Å². The molecule has 1 heterocycles. The number of amides is 4. The van der Waals surface area contributed by atoms with Crippen LogP contribution in [0.3, 0.4) is 0 Å². The van der Waals surface area contributed by atoms with E-state index in [2.05, 4.69) is 5.32 Å². The maximum absolute atomic E-state index is 12.6. The van der Waals surface area contributed by atoms with Crippen LogP contribution in [-0.4, -0.2) is 51.7 Å². The van der Waals surface area contributed by atoms with Crippen molar-refractivity contribution in [3.8, 4) is 0 Å². The summed E-state index contributed by atoms with van der Waals surface area (Å²) < 4.78 is 0. The summed E-state index contributed by atoms with van der Waals surface area (Å²) in [7, 11) is 0. The number of carbonyl (C=O) groups is 3. The van der Waals surface area contributed by atoms with E-state index in [0.717, 1.165) is 16.5 Å². The molecule has 4 amide bonds. The minimum atomic E-state index is -0.605. The maximum atomic E-state index is 12.6. The number of imide groups is 1. The van der Waals surface area contributed by atoms with Crippen molar-refractivity contribution >= 4 is 23.5 Å². The molecule has 0 saturated heterocycles. The summed E-state index contributed by atoms with van der Waals surface area (Å²) in [5, 5.41) is 13.7. The van der Waals surface area contributed by atoms with Crippen LogP contribution in [0.1, 0.15) is 46.5 Å². The predicted molar refractivity (Wildman–Crippen MR) is 114 cm³/mol. The van der Waals surface area contributed by atoms with Crippen LogP contribution < -0.4 is 5.32 Å². The Kier molecular flexibility index (Phi) is 6.64. The molecule has 0 atom stereocenters. The Morgan fingerprint density at radius 3 is 2.42 bits per heavy atom. The first-order valence-electron chi connectivity index (χ1n) is 10.0. The number of nitrogens with zero attached hydrogens (tertiary/aromatic N) is 3. The van der Waals surface area contributed by atoms with Crippen molar-refractivity contribution in [3.63, 3.8) is 0 Å². The lowest BCUT2D eigenvalue weighted by Crippen LogP contribution is -2.44. The van der Waals surface area contributed by atoms with E-state index >= 15 is 0 Å². The third-order valence-electron chi connectivity index (χ3n) is 5.08. The van der Waals surface area contributed by atoms with Crippen LogP contribution in [0.25, 0.3) is 0 Å². The molecule has 0 radical (unpaired) electrons. The lowest BCUT2D eigenvalue weighted by Gasteiger charge is -2.27. The molecule has 0 saturated carbocycles. The van der Waals surface area contributed by atoms with Crippen molar-refractivity contribution in [1.82, 2.24) is 15.1 Å². The monoisotopic (exact) mass is 424 g/mol. The standard InChI is InChI=1S/C22H24N4O5/c1-15(2)25(14-16-7-4-3-5-8-16)22(29)23-11-6-12-24-20(27)18-10-9-17(26(30)31)13-19(18)21(24)28/h3-5,7-10,13,15H,6,11-12,14H2,1-2H3,(H,23,29). The molecule has 2 aromatic rings. The molecule has 0 unspecified atom stereocenters. The highest BCUT2D eigenvalue weighted by atomic mass is 16.6. The number of benzene rings is 2. The lowest BCUT2D eigenvalue weighted by atomic mass is 10.1. The van der Waals surface area contributed by atoms with Gasteiger partial charge in [0.25, 0.3) is 17.5 Å². The quantitative estimate of drug-likeness (QED) is 0.303. The largest absolute Gasteiger partial charge is 0.338 e. The summed E-state index contributed by atoms with van der Waals surface area (Å²) in [4.78, 5) is 50.6. The van der Waals surface area contributed by atoms with E-state index < -0.39 is 16.7 Å². The topological polar surface area (TPSA) is 113 Å². The molecule has 0 spiro atoms. The number of fused-ring (bicyclic) bond motifs is 1. The number of nitro benzene ring substituents is 1. The Morgan fingerprint density at radius 2 is 1.77 bits per heavy atom. The molecule has 9 heteroatoms. The summed E-state index contributed by atoms with van der Waals surface area (Å²) in [6, 6.07) is 13.1. The fourth-order valence-electron chi connectivity index (χ4n) is 3.40. The Morgan fingerprint density at radius 1 is 1.10 bits per heavy atom. The van der Waals surface area contributed by atoms with Crippen molar-refractivity contribution in [1.29, 1.82) is 0 Å². The van der Waals surface area contributed by atoms with Gasteiger partial charge in [-0.2, -0.15) is 0 Å². The molecule has 0 fully saturated rings. The van der Waals surface area contributed by atoms with Crippen LogP contribution >= 0.6 is 0 Å². The summed E-state index contributed by atoms with van der Waals surface area (Å²) in [5.74, 6) is -1.03. The molecule has 0 bridgehead atoms. The first kappa shape index (κ1) is 21.9. The van der Waals surface area contributed by atoms with Crippen LogP contribution in [0.5, 0.6) is 0 Å². The van der Waals surface area contributed by atoms with Gasteiger partial charge in [0, 0.05) is 37.8 Å². The number of hydrogen-bond donors (Lipinski definition) is 1. The van der Waals surface area contributed by atoms with Crippen LogP contribution in [0, 0.1) is 10.1 Å². The van der Waals surface area contributed by atoms with Crippen LogP contribution in [0.4, 0.5) is 10.5 Å². The molecule has 162 valence electrons. The van der Waals surface area contributed by atoms with E-state index in [1.54, 1.807) is 4.90 Å². The average molecular weight is 424 g/mol. The van der Waals surface area contributed by atoms with Gasteiger partial charge in [-0.3, -0.25) is 24.6 Å². The minimum absolute atomic E-state index is 0.00719. The van der Waals surface area contributed by atoms with Crippen molar-refractivity contribution < 1.29 is 19.3 Å². The third-order valence-corrected chi connectivity index (χ3v) is 5.08. The van der Waals surface area contributed by atoms with Gasteiger partial charge in [-0.05, 0) is 31.9 Å². The van der Waals surface area contributed by atoms with Crippen LogP contribution in [0.15, 0.2) is 48.5 Å². The lowest BCUT2D eigenvalue weighted by molar-refractivity contribution is -0.384. The van der Waals surface area contributed by atoms with Gasteiger partial charge in [-0.1, -0.05) is 30.3 Å². The highest BCUT2D eigenvalue weighted by Crippen LogP contribution is 2.26.